The lowest BCUT2D eigenvalue weighted by atomic mass is 10.1. The van der Waals surface area contributed by atoms with Gasteiger partial charge in [0, 0.05) is 29.2 Å². The SMILES string of the molecule is Cc1ccc(=O)n(CC(=O)Nc2ccc(C(=O)Nc3cccc(C)c3C)cc2)c1. The van der Waals surface area contributed by atoms with Gasteiger partial charge in [0.1, 0.15) is 6.54 Å². The summed E-state index contributed by atoms with van der Waals surface area (Å²) in [5, 5.41) is 5.65. The molecular formula is C23H23N3O3. The van der Waals surface area contributed by atoms with Gasteiger partial charge in [-0.25, -0.2) is 0 Å². The lowest BCUT2D eigenvalue weighted by Crippen LogP contribution is -2.26. The fraction of sp³-hybridized carbons (Fsp3) is 0.174. The summed E-state index contributed by atoms with van der Waals surface area (Å²) in [6.45, 7) is 5.74. The van der Waals surface area contributed by atoms with Crippen molar-refractivity contribution in [1.29, 1.82) is 0 Å². The van der Waals surface area contributed by atoms with Crippen molar-refractivity contribution >= 4 is 23.2 Å². The lowest BCUT2D eigenvalue weighted by molar-refractivity contribution is -0.116. The summed E-state index contributed by atoms with van der Waals surface area (Å²) in [6, 6.07) is 15.5. The second-order valence-corrected chi connectivity index (χ2v) is 7.00. The molecule has 0 radical (unpaired) electrons. The van der Waals surface area contributed by atoms with Gasteiger partial charge in [0.2, 0.25) is 5.91 Å². The van der Waals surface area contributed by atoms with Crippen LogP contribution < -0.4 is 16.2 Å². The quantitative estimate of drug-likeness (QED) is 0.699. The molecule has 0 saturated heterocycles. The molecule has 148 valence electrons. The van der Waals surface area contributed by atoms with Gasteiger partial charge in [-0.05, 0) is 67.8 Å². The Kier molecular flexibility index (Phi) is 5.93. The number of benzene rings is 2. The molecule has 1 heterocycles. The highest BCUT2D eigenvalue weighted by molar-refractivity contribution is 6.05. The van der Waals surface area contributed by atoms with E-state index in [1.165, 1.54) is 10.6 Å². The Morgan fingerprint density at radius 3 is 2.34 bits per heavy atom. The number of rotatable bonds is 5. The minimum Gasteiger partial charge on any atom is -0.325 e. The van der Waals surface area contributed by atoms with Crippen molar-refractivity contribution < 1.29 is 9.59 Å². The molecule has 0 atom stereocenters. The first kappa shape index (κ1) is 20.1. The molecule has 2 amide bonds. The van der Waals surface area contributed by atoms with Gasteiger partial charge >= 0.3 is 0 Å². The number of carbonyl (C=O) groups is 2. The number of hydrogen-bond acceptors (Lipinski definition) is 3. The normalized spacial score (nSPS) is 10.4. The molecule has 2 N–H and O–H groups in total. The molecule has 29 heavy (non-hydrogen) atoms. The minimum atomic E-state index is -0.315. The van der Waals surface area contributed by atoms with E-state index in [0.717, 1.165) is 22.4 Å². The smallest absolute Gasteiger partial charge is 0.255 e. The number of anilines is 2. The third-order valence-corrected chi connectivity index (χ3v) is 4.73. The summed E-state index contributed by atoms with van der Waals surface area (Å²) in [4.78, 5) is 36.5. The number of carbonyl (C=O) groups excluding carboxylic acids is 2. The summed E-state index contributed by atoms with van der Waals surface area (Å²) in [5.74, 6) is -0.534. The van der Waals surface area contributed by atoms with Crippen LogP contribution in [0.15, 0.2) is 65.6 Å². The molecule has 0 bridgehead atoms. The van der Waals surface area contributed by atoms with E-state index in [-0.39, 0.29) is 23.9 Å². The van der Waals surface area contributed by atoms with Gasteiger partial charge in [-0.2, -0.15) is 0 Å². The van der Waals surface area contributed by atoms with Gasteiger partial charge in [-0.15, -0.1) is 0 Å². The molecule has 6 nitrogen and oxygen atoms in total. The number of hydrogen-bond donors (Lipinski definition) is 2. The van der Waals surface area contributed by atoms with E-state index in [2.05, 4.69) is 10.6 Å². The van der Waals surface area contributed by atoms with Crippen molar-refractivity contribution in [3.05, 3.63) is 93.4 Å². The number of pyridine rings is 1. The third-order valence-electron chi connectivity index (χ3n) is 4.73. The highest BCUT2D eigenvalue weighted by Crippen LogP contribution is 2.19. The summed E-state index contributed by atoms with van der Waals surface area (Å²) in [5.41, 5.74) is 4.61. The number of aromatic nitrogens is 1. The molecule has 0 unspecified atom stereocenters. The maximum Gasteiger partial charge on any atom is 0.255 e. The molecule has 3 rings (SSSR count). The van der Waals surface area contributed by atoms with Gasteiger partial charge in [-0.1, -0.05) is 18.2 Å². The van der Waals surface area contributed by atoms with Gasteiger partial charge in [0.05, 0.1) is 0 Å². The van der Waals surface area contributed by atoms with E-state index in [9.17, 15) is 14.4 Å². The fourth-order valence-corrected chi connectivity index (χ4v) is 2.92. The maximum absolute atomic E-state index is 12.5. The topological polar surface area (TPSA) is 80.2 Å². The molecule has 2 aromatic carbocycles. The third kappa shape index (κ3) is 4.99. The van der Waals surface area contributed by atoms with Crippen LogP contribution in [0.1, 0.15) is 27.0 Å². The number of aryl methyl sites for hydroxylation is 2. The molecule has 0 aliphatic heterocycles. The van der Waals surface area contributed by atoms with Crippen LogP contribution in [0.3, 0.4) is 0 Å². The first-order valence-corrected chi connectivity index (χ1v) is 9.28. The second kappa shape index (κ2) is 8.56. The Morgan fingerprint density at radius 2 is 1.62 bits per heavy atom. The Bertz CT molecular complexity index is 1110. The summed E-state index contributed by atoms with van der Waals surface area (Å²) in [7, 11) is 0. The zero-order valence-corrected chi connectivity index (χ0v) is 16.7. The molecule has 0 spiro atoms. The zero-order chi connectivity index (χ0) is 21.0. The molecule has 6 heteroatoms. The van der Waals surface area contributed by atoms with E-state index >= 15 is 0 Å². The summed E-state index contributed by atoms with van der Waals surface area (Å²) < 4.78 is 1.36. The monoisotopic (exact) mass is 389 g/mol. The van der Waals surface area contributed by atoms with Crippen molar-refractivity contribution in [2.75, 3.05) is 10.6 Å². The van der Waals surface area contributed by atoms with Crippen molar-refractivity contribution in [2.24, 2.45) is 0 Å². The van der Waals surface area contributed by atoms with Crippen LogP contribution in [0, 0.1) is 20.8 Å². The van der Waals surface area contributed by atoms with Crippen LogP contribution in [0.2, 0.25) is 0 Å². The second-order valence-electron chi connectivity index (χ2n) is 7.00. The minimum absolute atomic E-state index is 0.0740. The van der Waals surface area contributed by atoms with Crippen molar-refractivity contribution in [1.82, 2.24) is 4.57 Å². The summed E-state index contributed by atoms with van der Waals surface area (Å²) in [6.07, 6.45) is 1.64. The van der Waals surface area contributed by atoms with E-state index in [1.54, 1.807) is 36.5 Å². The fourth-order valence-electron chi connectivity index (χ4n) is 2.92. The summed E-state index contributed by atoms with van der Waals surface area (Å²) >= 11 is 0. The standard InChI is InChI=1S/C23H23N3O3/c1-15-7-12-22(28)26(13-15)14-21(27)24-19-10-8-18(9-11-19)23(29)25-20-6-4-5-16(2)17(20)3/h4-13H,14H2,1-3H3,(H,24,27)(H,25,29). The molecule has 0 fully saturated rings. The number of nitrogens with one attached hydrogen (secondary N) is 2. The highest BCUT2D eigenvalue weighted by atomic mass is 16.2. The first-order valence-electron chi connectivity index (χ1n) is 9.28. The van der Waals surface area contributed by atoms with Crippen LogP contribution in [0.25, 0.3) is 0 Å². The largest absolute Gasteiger partial charge is 0.325 e. The molecule has 3 aromatic rings. The van der Waals surface area contributed by atoms with Crippen LogP contribution in [-0.4, -0.2) is 16.4 Å². The lowest BCUT2D eigenvalue weighted by Gasteiger charge is -2.11. The maximum atomic E-state index is 12.5. The van der Waals surface area contributed by atoms with E-state index in [1.807, 2.05) is 39.0 Å². The van der Waals surface area contributed by atoms with Gasteiger partial charge in [0.25, 0.3) is 11.5 Å². The predicted molar refractivity (Wildman–Crippen MR) is 114 cm³/mol. The average molecular weight is 389 g/mol. The predicted octanol–water partition coefficient (Wildman–Crippen LogP) is 3.66. The van der Waals surface area contributed by atoms with Crippen LogP contribution >= 0.6 is 0 Å². The van der Waals surface area contributed by atoms with E-state index < -0.39 is 0 Å². The Hall–Kier alpha value is -3.67. The van der Waals surface area contributed by atoms with Crippen molar-refractivity contribution in [2.45, 2.75) is 27.3 Å². The molecule has 0 aliphatic rings. The highest BCUT2D eigenvalue weighted by Gasteiger charge is 2.10. The first-order chi connectivity index (χ1) is 13.8. The van der Waals surface area contributed by atoms with E-state index in [0.29, 0.717) is 11.3 Å². The number of nitrogens with zero attached hydrogens (tertiary/aromatic N) is 1. The molecular weight excluding hydrogens is 366 g/mol. The number of amides is 2. The zero-order valence-electron chi connectivity index (χ0n) is 16.7. The Morgan fingerprint density at radius 1 is 0.897 bits per heavy atom. The van der Waals surface area contributed by atoms with Crippen LogP contribution in [0.5, 0.6) is 0 Å². The molecule has 1 aromatic heterocycles. The molecule has 0 saturated carbocycles. The van der Waals surface area contributed by atoms with Crippen LogP contribution in [0.4, 0.5) is 11.4 Å². The Balaban J connectivity index is 1.64. The van der Waals surface area contributed by atoms with Gasteiger partial charge in [0.15, 0.2) is 0 Å². The average Bonchev–Trinajstić information content (AvgIpc) is 2.69. The van der Waals surface area contributed by atoms with Crippen LogP contribution in [-0.2, 0) is 11.3 Å². The molecule has 0 aliphatic carbocycles. The van der Waals surface area contributed by atoms with Crippen molar-refractivity contribution in [3.63, 3.8) is 0 Å². The van der Waals surface area contributed by atoms with Gasteiger partial charge in [-0.3, -0.25) is 14.4 Å². The Labute approximate surface area is 169 Å². The van der Waals surface area contributed by atoms with Crippen molar-refractivity contribution in [3.8, 4) is 0 Å². The van der Waals surface area contributed by atoms with E-state index in [4.69, 9.17) is 0 Å². The van der Waals surface area contributed by atoms with Gasteiger partial charge < -0.3 is 15.2 Å².